The molecule has 0 aliphatic heterocycles. The maximum Gasteiger partial charge on any atom is 0.0342 e. The summed E-state index contributed by atoms with van der Waals surface area (Å²) in [5, 5.41) is 3.47. The number of rotatable bonds is 0. The fourth-order valence-corrected chi connectivity index (χ4v) is 1.70. The van der Waals surface area contributed by atoms with Crippen LogP contribution in [0.2, 0.25) is 0 Å². The molecule has 1 aromatic carbocycles. The van der Waals surface area contributed by atoms with E-state index in [0.29, 0.717) is 0 Å². The third kappa shape index (κ3) is 0.736. The summed E-state index contributed by atoms with van der Waals surface area (Å²) < 4.78 is 1.37. The predicted octanol–water partition coefficient (Wildman–Crippen LogP) is 3.89. The Morgan fingerprint density at radius 1 is 1.11 bits per heavy atom. The van der Waals surface area contributed by atoms with Crippen molar-refractivity contribution < 1.29 is 5.71 Å². The van der Waals surface area contributed by atoms with Crippen molar-refractivity contribution in [1.29, 1.82) is 0 Å². The van der Waals surface area contributed by atoms with Crippen LogP contribution in [-0.2, 0) is 0 Å². The Morgan fingerprint density at radius 2 is 2.00 bits per heavy atom. The molecular weight excluding hydrogens is 128 g/mol. The maximum absolute atomic E-state index is 2.14. The SMILES string of the molecule is [HH].[HH].[HH].[HH].c1ccc2sccc2c1. The molecule has 0 aliphatic carbocycles. The summed E-state index contributed by atoms with van der Waals surface area (Å²) in [6.07, 6.45) is 0. The first-order chi connectivity index (χ1) is 4.47. The Morgan fingerprint density at radius 3 is 2.89 bits per heavy atom. The molecule has 1 aromatic heterocycles. The zero-order valence-corrected chi connectivity index (χ0v) is 5.69. The highest BCUT2D eigenvalue weighted by molar-refractivity contribution is 7.17. The molecule has 0 saturated heterocycles. The quantitative estimate of drug-likeness (QED) is 0.523. The van der Waals surface area contributed by atoms with Gasteiger partial charge < -0.3 is 0 Å². The second kappa shape index (κ2) is 1.85. The normalized spacial score (nSPS) is 10.2. The Bertz CT molecular complexity index is 290. The lowest BCUT2D eigenvalue weighted by Gasteiger charge is -1.82. The van der Waals surface area contributed by atoms with Crippen molar-refractivity contribution in [1.82, 2.24) is 0 Å². The minimum Gasteiger partial charge on any atom is -0.144 e. The van der Waals surface area contributed by atoms with Crippen LogP contribution in [0, 0.1) is 0 Å². The third-order valence-electron chi connectivity index (χ3n) is 1.36. The van der Waals surface area contributed by atoms with E-state index in [1.165, 1.54) is 10.1 Å². The van der Waals surface area contributed by atoms with Gasteiger partial charge in [0.1, 0.15) is 0 Å². The van der Waals surface area contributed by atoms with E-state index >= 15 is 0 Å². The summed E-state index contributed by atoms with van der Waals surface area (Å²) in [7, 11) is 0. The van der Waals surface area contributed by atoms with E-state index in [9.17, 15) is 0 Å². The molecule has 0 N–H and O–H groups in total. The van der Waals surface area contributed by atoms with Crippen molar-refractivity contribution in [2.75, 3.05) is 0 Å². The van der Waals surface area contributed by atoms with Gasteiger partial charge in [0.15, 0.2) is 0 Å². The van der Waals surface area contributed by atoms with Crippen molar-refractivity contribution in [2.24, 2.45) is 0 Å². The zero-order valence-electron chi connectivity index (χ0n) is 4.87. The lowest BCUT2D eigenvalue weighted by molar-refractivity contribution is 1.86. The highest BCUT2D eigenvalue weighted by atomic mass is 32.1. The summed E-state index contributed by atoms with van der Waals surface area (Å²) >= 11 is 1.79. The van der Waals surface area contributed by atoms with Gasteiger partial charge in [-0.05, 0) is 22.9 Å². The number of hydrogen-bond donors (Lipinski definition) is 0. The average Bonchev–Trinajstić information content (AvgIpc) is 2.33. The summed E-state index contributed by atoms with van der Waals surface area (Å²) in [5.41, 5.74) is 0. The molecule has 0 saturated carbocycles. The molecular formula is C8H14S. The summed E-state index contributed by atoms with van der Waals surface area (Å²) in [4.78, 5) is 0. The molecule has 1 heteroatoms. The molecule has 0 bridgehead atoms. The highest BCUT2D eigenvalue weighted by Gasteiger charge is 1.87. The first-order valence-electron chi connectivity index (χ1n) is 2.89. The molecule has 0 atom stereocenters. The van der Waals surface area contributed by atoms with E-state index in [4.69, 9.17) is 0 Å². The van der Waals surface area contributed by atoms with Crippen LogP contribution in [0.1, 0.15) is 5.71 Å². The Labute approximate surface area is 63.7 Å². The van der Waals surface area contributed by atoms with Crippen molar-refractivity contribution in [2.45, 2.75) is 0 Å². The molecule has 2 rings (SSSR count). The first-order valence-corrected chi connectivity index (χ1v) is 3.77. The molecule has 52 valence electrons. The van der Waals surface area contributed by atoms with Crippen LogP contribution < -0.4 is 0 Å². The van der Waals surface area contributed by atoms with Gasteiger partial charge in [0.25, 0.3) is 0 Å². The molecule has 0 unspecified atom stereocenters. The molecule has 1 heterocycles. The van der Waals surface area contributed by atoms with Crippen molar-refractivity contribution >= 4 is 21.4 Å². The van der Waals surface area contributed by atoms with Crippen LogP contribution >= 0.6 is 11.3 Å². The molecule has 0 spiro atoms. The van der Waals surface area contributed by atoms with E-state index in [2.05, 4.69) is 35.7 Å². The van der Waals surface area contributed by atoms with Crippen molar-refractivity contribution in [3.63, 3.8) is 0 Å². The van der Waals surface area contributed by atoms with Crippen LogP contribution in [0.15, 0.2) is 35.7 Å². The lowest BCUT2D eigenvalue weighted by Crippen LogP contribution is -1.56. The maximum atomic E-state index is 2.14. The van der Waals surface area contributed by atoms with Gasteiger partial charge in [0.2, 0.25) is 0 Å². The molecule has 0 radical (unpaired) electrons. The van der Waals surface area contributed by atoms with Crippen LogP contribution in [0.4, 0.5) is 0 Å². The Hall–Kier alpha value is -0.820. The van der Waals surface area contributed by atoms with Gasteiger partial charge in [-0.2, -0.15) is 0 Å². The van der Waals surface area contributed by atoms with Gasteiger partial charge >= 0.3 is 0 Å². The Kier molecular flexibility index (Phi) is 1.03. The minimum absolute atomic E-state index is 0. The predicted molar refractivity (Wildman–Crippen MR) is 50.3 cm³/mol. The lowest BCUT2D eigenvalue weighted by atomic mass is 10.3. The van der Waals surface area contributed by atoms with E-state index in [0.717, 1.165) is 0 Å². The van der Waals surface area contributed by atoms with Crippen LogP contribution in [0.25, 0.3) is 10.1 Å². The van der Waals surface area contributed by atoms with E-state index in [1.807, 2.05) is 0 Å². The van der Waals surface area contributed by atoms with Crippen LogP contribution in [0.5, 0.6) is 0 Å². The summed E-state index contributed by atoms with van der Waals surface area (Å²) in [6, 6.07) is 10.5. The first kappa shape index (κ1) is 5.00. The van der Waals surface area contributed by atoms with Gasteiger partial charge in [-0.1, -0.05) is 18.2 Å². The second-order valence-electron chi connectivity index (χ2n) is 1.96. The van der Waals surface area contributed by atoms with Crippen molar-refractivity contribution in [3.8, 4) is 0 Å². The fraction of sp³-hybridized carbons (Fsp3) is 0. The Balaban J connectivity index is -0.000000250. The average molecular weight is 142 g/mol. The molecule has 2 aromatic rings. The number of hydrogen-bond acceptors (Lipinski definition) is 1. The fourth-order valence-electron chi connectivity index (χ4n) is 0.906. The number of fused-ring (bicyclic) bond motifs is 1. The zero-order chi connectivity index (χ0) is 6.10. The monoisotopic (exact) mass is 142 g/mol. The van der Waals surface area contributed by atoms with Gasteiger partial charge in [-0.15, -0.1) is 11.3 Å². The smallest absolute Gasteiger partial charge is 0.0342 e. The van der Waals surface area contributed by atoms with Gasteiger partial charge in [-0.25, -0.2) is 0 Å². The molecule has 0 aliphatic rings. The van der Waals surface area contributed by atoms with Crippen LogP contribution in [0.3, 0.4) is 0 Å². The number of benzene rings is 1. The van der Waals surface area contributed by atoms with E-state index in [-0.39, 0.29) is 5.71 Å². The van der Waals surface area contributed by atoms with E-state index < -0.39 is 0 Å². The molecule has 0 amide bonds. The molecule has 0 nitrogen and oxygen atoms in total. The number of thiophene rings is 1. The second-order valence-corrected chi connectivity index (χ2v) is 2.91. The summed E-state index contributed by atoms with van der Waals surface area (Å²) in [5.74, 6) is 0. The highest BCUT2D eigenvalue weighted by Crippen LogP contribution is 2.18. The van der Waals surface area contributed by atoms with Crippen LogP contribution in [-0.4, -0.2) is 0 Å². The third-order valence-corrected chi connectivity index (χ3v) is 2.26. The van der Waals surface area contributed by atoms with Gasteiger partial charge in [0.05, 0.1) is 0 Å². The van der Waals surface area contributed by atoms with Gasteiger partial charge in [0, 0.05) is 10.4 Å². The molecule has 9 heavy (non-hydrogen) atoms. The van der Waals surface area contributed by atoms with Crippen molar-refractivity contribution in [3.05, 3.63) is 35.7 Å². The topological polar surface area (TPSA) is 0 Å². The van der Waals surface area contributed by atoms with Gasteiger partial charge in [-0.3, -0.25) is 0 Å². The standard InChI is InChI=1S/C8H6S.4H2/c1-2-4-8-7(3-1)5-6-9-8;;;;/h1-6H;4*1H. The summed E-state index contributed by atoms with van der Waals surface area (Å²) in [6.45, 7) is 0. The molecule has 0 fully saturated rings. The van der Waals surface area contributed by atoms with E-state index in [1.54, 1.807) is 11.3 Å². The largest absolute Gasteiger partial charge is 0.144 e. The minimum atomic E-state index is 0.